The molecule has 0 radical (unpaired) electrons. The van der Waals surface area contributed by atoms with E-state index in [2.05, 4.69) is 10.2 Å². The van der Waals surface area contributed by atoms with E-state index >= 15 is 0 Å². The fourth-order valence-corrected chi connectivity index (χ4v) is 6.40. The van der Waals surface area contributed by atoms with E-state index in [0.29, 0.717) is 63.4 Å². The number of carbonyl (C=O) groups excluding carboxylic acids is 1. The lowest BCUT2D eigenvalue weighted by Crippen LogP contribution is -2.15. The first-order valence-corrected chi connectivity index (χ1v) is 20.3. The molecule has 0 unspecified atom stereocenters. The van der Waals surface area contributed by atoms with E-state index in [1.165, 1.54) is 12.1 Å². The minimum absolute atomic E-state index is 0.0721. The molecule has 0 atom stereocenters. The summed E-state index contributed by atoms with van der Waals surface area (Å²) in [7, 11) is 0. The monoisotopic (exact) mass is 914 g/mol. The minimum Gasteiger partial charge on any atom is -0.487 e. The van der Waals surface area contributed by atoms with Crippen LogP contribution in [0.3, 0.4) is 0 Å². The molecule has 0 fully saturated rings. The van der Waals surface area contributed by atoms with Crippen LogP contribution in [0.4, 0.5) is 34.1 Å². The smallest absolute Gasteiger partial charge is 0.344 e. The van der Waals surface area contributed by atoms with Crippen molar-refractivity contribution >= 4 is 50.9 Å². The van der Waals surface area contributed by atoms with Crippen LogP contribution in [-0.2, 0) is 36.7 Å². The summed E-state index contributed by atoms with van der Waals surface area (Å²) < 4.78 is 46.6. The van der Waals surface area contributed by atoms with Crippen LogP contribution in [0.2, 0.25) is 0 Å². The highest BCUT2D eigenvalue weighted by Crippen LogP contribution is 2.38. The number of esters is 1. The third kappa shape index (κ3) is 13.7. The number of hydrogen-bond acceptors (Lipinski definition) is 19. The van der Waals surface area contributed by atoms with Gasteiger partial charge in [0, 0.05) is 30.4 Å². The number of benzene rings is 5. The first-order chi connectivity index (χ1) is 32.0. The summed E-state index contributed by atoms with van der Waals surface area (Å²) in [5, 5.41) is 56.6. The van der Waals surface area contributed by atoms with Gasteiger partial charge in [-0.15, -0.1) is 5.11 Å². The second kappa shape index (κ2) is 23.9. The summed E-state index contributed by atoms with van der Waals surface area (Å²) >= 11 is 0. The quantitative estimate of drug-likeness (QED) is 0.0467. The summed E-state index contributed by atoms with van der Waals surface area (Å²) in [4.78, 5) is 57.2. The van der Waals surface area contributed by atoms with Gasteiger partial charge in [-0.05, 0) is 59.5 Å². The van der Waals surface area contributed by atoms with Crippen LogP contribution >= 0.6 is 0 Å². The molecule has 6 rings (SSSR count). The number of fused-ring (bicyclic) bond motifs is 4. The number of hydrogen-bond donors (Lipinski definition) is 0. The second-order valence-corrected chi connectivity index (χ2v) is 14.1. The Kier molecular flexibility index (Phi) is 17.4. The zero-order chi connectivity index (χ0) is 46.8. The molecule has 1 aliphatic rings. The van der Waals surface area contributed by atoms with E-state index in [1.54, 1.807) is 12.1 Å². The van der Waals surface area contributed by atoms with Crippen molar-refractivity contribution < 1.29 is 62.4 Å². The molecule has 0 saturated carbocycles. The predicted octanol–water partition coefficient (Wildman–Crippen LogP) is 8.09. The van der Waals surface area contributed by atoms with Gasteiger partial charge in [-0.1, -0.05) is 24.3 Å². The highest BCUT2D eigenvalue weighted by molar-refractivity contribution is 5.93. The predicted molar refractivity (Wildman–Crippen MR) is 231 cm³/mol. The van der Waals surface area contributed by atoms with Gasteiger partial charge >= 0.3 is 11.7 Å². The molecule has 66 heavy (non-hydrogen) atoms. The summed E-state index contributed by atoms with van der Waals surface area (Å²) in [6.07, 6.45) is 0.447. The van der Waals surface area contributed by atoms with Gasteiger partial charge in [0.25, 0.3) is 17.1 Å². The molecule has 23 heteroatoms. The lowest BCUT2D eigenvalue weighted by atomic mass is 10.0. The van der Waals surface area contributed by atoms with Crippen LogP contribution in [-0.4, -0.2) is 98.3 Å². The Bertz CT molecular complexity index is 2560. The normalized spacial score (nSPS) is 15.2. The summed E-state index contributed by atoms with van der Waals surface area (Å²) in [5.74, 6) is -0.691. The molecule has 5 aromatic rings. The number of rotatable bonds is 8. The van der Waals surface area contributed by atoms with Crippen molar-refractivity contribution in [3.8, 4) is 17.2 Å². The number of azo groups is 1. The first-order valence-electron chi connectivity index (χ1n) is 20.3. The highest BCUT2D eigenvalue weighted by Gasteiger charge is 2.25. The molecule has 23 nitrogen and oxygen atoms in total. The number of nitro groups is 4. The molecule has 5 aromatic carbocycles. The Morgan fingerprint density at radius 1 is 0.530 bits per heavy atom. The number of non-ortho nitro benzene ring substituents is 3. The van der Waals surface area contributed by atoms with Crippen molar-refractivity contribution in [2.24, 2.45) is 10.2 Å². The summed E-state index contributed by atoms with van der Waals surface area (Å²) in [6, 6.07) is 19.1. The standard InChI is InChI=1S/C43H42N6O17/c50-43(32-22-36(47(53)54)26-37(23-32)48(55)56)66-42-31-6-3-9-59-10-11-60-12-13-61-14-15-62-16-17-63-18-19-64-40-24-29-4-1-2-5-30(29)25-41(40)65-28-33(42)21-34(20-31)44-45-38-8-7-35(46(51)52)27-39(38)49(57)58/h1-2,4-5,7-8,20-27H,3,6,9-19,28H2. The van der Waals surface area contributed by atoms with E-state index in [0.717, 1.165) is 41.1 Å². The lowest BCUT2D eigenvalue weighted by Gasteiger charge is -2.18. The molecular weight excluding hydrogens is 872 g/mol. The van der Waals surface area contributed by atoms with Crippen molar-refractivity contribution in [3.63, 3.8) is 0 Å². The van der Waals surface area contributed by atoms with E-state index in [-0.39, 0.29) is 74.5 Å². The highest BCUT2D eigenvalue weighted by atomic mass is 16.6. The number of nitrogens with zero attached hydrogens (tertiary/aromatic N) is 6. The van der Waals surface area contributed by atoms with Crippen molar-refractivity contribution in [1.29, 1.82) is 0 Å². The lowest BCUT2D eigenvalue weighted by molar-refractivity contribution is -0.394. The van der Waals surface area contributed by atoms with Crippen LogP contribution in [0.5, 0.6) is 17.2 Å². The zero-order valence-corrected chi connectivity index (χ0v) is 35.1. The Labute approximate surface area is 374 Å². The van der Waals surface area contributed by atoms with E-state index < -0.39 is 54.0 Å². The zero-order valence-electron chi connectivity index (χ0n) is 35.1. The SMILES string of the molecule is O=C(Oc1c2cc(N=Nc3ccc([N+](=O)[O-])cc3[N+](=O)[O-])cc1COc1cc3ccccc3cc1OCCOCCOCCOCCOCCOCCC2)c1cc([N+](=O)[O-])cc([N+](=O)[O-])c1. The molecule has 0 saturated heterocycles. The van der Waals surface area contributed by atoms with Crippen LogP contribution in [0, 0.1) is 40.5 Å². The fourth-order valence-electron chi connectivity index (χ4n) is 6.40. The van der Waals surface area contributed by atoms with Gasteiger partial charge in [0.2, 0.25) is 0 Å². The molecule has 2 bridgehead atoms. The summed E-state index contributed by atoms with van der Waals surface area (Å²) in [5.41, 5.74) is -2.96. The largest absolute Gasteiger partial charge is 0.487 e. The first kappa shape index (κ1) is 47.9. The Balaban J connectivity index is 1.42. The van der Waals surface area contributed by atoms with Crippen LogP contribution < -0.4 is 14.2 Å². The van der Waals surface area contributed by atoms with E-state index in [9.17, 15) is 45.3 Å². The second-order valence-electron chi connectivity index (χ2n) is 14.1. The molecule has 0 aliphatic carbocycles. The Morgan fingerprint density at radius 2 is 1.06 bits per heavy atom. The number of aryl methyl sites for hydroxylation is 1. The Hall–Kier alpha value is -7.57. The molecule has 1 aliphatic heterocycles. The number of carbonyl (C=O) groups is 1. The van der Waals surface area contributed by atoms with Crippen LogP contribution in [0.15, 0.2) is 95.2 Å². The topological polar surface area (TPSA) is 288 Å². The van der Waals surface area contributed by atoms with Crippen molar-refractivity contribution in [1.82, 2.24) is 0 Å². The van der Waals surface area contributed by atoms with E-state index in [1.807, 2.05) is 24.3 Å². The molecule has 0 amide bonds. The van der Waals surface area contributed by atoms with Gasteiger partial charge in [-0.3, -0.25) is 40.5 Å². The molecular formula is C43H42N6O17. The maximum absolute atomic E-state index is 13.9. The Morgan fingerprint density at radius 3 is 1.62 bits per heavy atom. The van der Waals surface area contributed by atoms with Gasteiger partial charge in [0.05, 0.1) is 103 Å². The van der Waals surface area contributed by atoms with Gasteiger partial charge in [0.1, 0.15) is 19.0 Å². The van der Waals surface area contributed by atoms with E-state index in [4.69, 9.17) is 37.9 Å². The third-order valence-electron chi connectivity index (χ3n) is 9.53. The minimum atomic E-state index is -1.18. The maximum atomic E-state index is 13.9. The molecule has 346 valence electrons. The average Bonchev–Trinajstić information content (AvgIpc) is 3.30. The van der Waals surface area contributed by atoms with Crippen LogP contribution in [0.25, 0.3) is 10.8 Å². The van der Waals surface area contributed by atoms with Gasteiger partial charge < -0.3 is 37.9 Å². The average molecular weight is 915 g/mol. The fraction of sp³-hybridized carbons (Fsp3) is 0.326. The van der Waals surface area contributed by atoms with Gasteiger partial charge in [0.15, 0.2) is 17.2 Å². The van der Waals surface area contributed by atoms with Crippen molar-refractivity contribution in [2.75, 3.05) is 72.7 Å². The molecule has 0 N–H and O–H groups in total. The maximum Gasteiger partial charge on any atom is 0.344 e. The van der Waals surface area contributed by atoms with Crippen LogP contribution in [0.1, 0.15) is 27.9 Å². The van der Waals surface area contributed by atoms with Gasteiger partial charge in [-0.25, -0.2) is 4.79 Å². The third-order valence-corrected chi connectivity index (χ3v) is 9.53. The van der Waals surface area contributed by atoms with Crippen molar-refractivity contribution in [3.05, 3.63) is 142 Å². The number of nitro benzene ring substituents is 4. The van der Waals surface area contributed by atoms with Crippen molar-refractivity contribution in [2.45, 2.75) is 19.4 Å². The summed E-state index contributed by atoms with van der Waals surface area (Å²) in [6.45, 7) is 2.70. The number of ether oxygens (including phenoxy) is 8. The molecule has 0 aromatic heterocycles. The molecule has 0 spiro atoms. The van der Waals surface area contributed by atoms with Gasteiger partial charge in [-0.2, -0.15) is 5.11 Å². The molecule has 1 heterocycles.